The van der Waals surface area contributed by atoms with Gasteiger partial charge in [-0.1, -0.05) is 72.3 Å². The monoisotopic (exact) mass is 551 g/mol. The van der Waals surface area contributed by atoms with E-state index in [4.69, 9.17) is 10.5 Å². The van der Waals surface area contributed by atoms with Crippen LogP contribution >= 0.6 is 0 Å². The summed E-state index contributed by atoms with van der Waals surface area (Å²) in [6.45, 7) is 24.4. The molecule has 0 spiro atoms. The van der Waals surface area contributed by atoms with Gasteiger partial charge in [0.25, 0.3) is 0 Å². The first-order valence-electron chi connectivity index (χ1n) is 16.7. The molecule has 5 rings (SSSR count). The van der Waals surface area contributed by atoms with Crippen LogP contribution in [0.2, 0.25) is 0 Å². The molecule has 9 unspecified atom stereocenters. The summed E-state index contributed by atoms with van der Waals surface area (Å²) in [5.41, 5.74) is 11.6. The summed E-state index contributed by atoms with van der Waals surface area (Å²) >= 11 is 0. The van der Waals surface area contributed by atoms with Crippen LogP contribution in [0.3, 0.4) is 0 Å². The molecule has 0 aliphatic heterocycles. The van der Waals surface area contributed by atoms with Gasteiger partial charge in [-0.3, -0.25) is 4.79 Å². The molecule has 4 saturated carbocycles. The van der Waals surface area contributed by atoms with Crippen molar-refractivity contribution in [1.29, 1.82) is 0 Å². The molecule has 5 aliphatic rings. The van der Waals surface area contributed by atoms with Gasteiger partial charge in [0.05, 0.1) is 13.5 Å². The van der Waals surface area contributed by atoms with Crippen molar-refractivity contribution in [2.45, 2.75) is 138 Å². The quantitative estimate of drug-likeness (QED) is 0.264. The SMILES string of the molecule is C=C(C)C1CCC2(N)CCC3(C)C(CCC4C5(C)CC=C(CCC(C)(C)CC(=O)OC)C(C)(C)C5CCC43C)C12. The summed E-state index contributed by atoms with van der Waals surface area (Å²) in [6, 6.07) is 0. The lowest BCUT2D eigenvalue weighted by Gasteiger charge is -2.72. The van der Waals surface area contributed by atoms with Crippen LogP contribution in [0.4, 0.5) is 0 Å². The smallest absolute Gasteiger partial charge is 0.306 e. The Bertz CT molecular complexity index is 1070. The van der Waals surface area contributed by atoms with E-state index in [1.54, 1.807) is 5.57 Å². The molecule has 0 heterocycles. The maximum atomic E-state index is 12.0. The van der Waals surface area contributed by atoms with E-state index in [-0.39, 0.29) is 22.3 Å². The number of nitrogens with two attached hydrogens (primary N) is 1. The van der Waals surface area contributed by atoms with Crippen molar-refractivity contribution in [2.24, 2.45) is 62.4 Å². The molecule has 0 saturated heterocycles. The van der Waals surface area contributed by atoms with Gasteiger partial charge in [0.1, 0.15) is 0 Å². The number of hydrogen-bond acceptors (Lipinski definition) is 3. The number of carbonyl (C=O) groups excluding carboxylic acids is 1. The van der Waals surface area contributed by atoms with E-state index in [0.717, 1.165) is 24.7 Å². The predicted molar refractivity (Wildman–Crippen MR) is 167 cm³/mol. The summed E-state index contributed by atoms with van der Waals surface area (Å²) < 4.78 is 4.99. The van der Waals surface area contributed by atoms with Crippen LogP contribution in [-0.4, -0.2) is 18.6 Å². The maximum absolute atomic E-state index is 12.0. The lowest BCUT2D eigenvalue weighted by atomic mass is 9.33. The third kappa shape index (κ3) is 4.32. The van der Waals surface area contributed by atoms with Gasteiger partial charge in [-0.2, -0.15) is 0 Å². The number of allylic oxidation sites excluding steroid dienone is 3. The summed E-state index contributed by atoms with van der Waals surface area (Å²) in [7, 11) is 1.50. The first-order chi connectivity index (χ1) is 18.5. The number of rotatable bonds is 6. The molecule has 0 bridgehead atoms. The fraction of sp³-hybridized carbons (Fsp3) is 0.865. The van der Waals surface area contributed by atoms with E-state index in [2.05, 4.69) is 68.0 Å². The van der Waals surface area contributed by atoms with Crippen LogP contribution in [0, 0.1) is 56.7 Å². The zero-order valence-corrected chi connectivity index (χ0v) is 27.6. The fourth-order valence-electron chi connectivity index (χ4n) is 12.3. The highest BCUT2D eigenvalue weighted by atomic mass is 16.5. The van der Waals surface area contributed by atoms with Gasteiger partial charge in [0.2, 0.25) is 0 Å². The number of ether oxygens (including phenoxy) is 1. The normalized spacial score (nSPS) is 45.9. The lowest BCUT2D eigenvalue weighted by Crippen LogP contribution is -2.67. The largest absolute Gasteiger partial charge is 0.469 e. The summed E-state index contributed by atoms with van der Waals surface area (Å²) in [5.74, 6) is 3.36. The second-order valence-electron chi connectivity index (χ2n) is 17.5. The van der Waals surface area contributed by atoms with E-state index in [9.17, 15) is 4.79 Å². The molecule has 0 amide bonds. The fourth-order valence-corrected chi connectivity index (χ4v) is 12.3. The molecule has 0 aromatic heterocycles. The summed E-state index contributed by atoms with van der Waals surface area (Å²) in [4.78, 5) is 12.0. The highest BCUT2D eigenvalue weighted by Gasteiger charge is 2.69. The van der Waals surface area contributed by atoms with Gasteiger partial charge >= 0.3 is 5.97 Å². The molecule has 4 fully saturated rings. The third-order valence-corrected chi connectivity index (χ3v) is 14.8. The van der Waals surface area contributed by atoms with E-state index in [1.165, 1.54) is 70.5 Å². The first-order valence-corrected chi connectivity index (χ1v) is 16.7. The number of hydrogen-bond donors (Lipinski definition) is 1. The Morgan fingerprint density at radius 3 is 2.35 bits per heavy atom. The van der Waals surface area contributed by atoms with Gasteiger partial charge in [0, 0.05) is 5.54 Å². The molecule has 3 heteroatoms. The molecule has 2 N–H and O–H groups in total. The van der Waals surface area contributed by atoms with E-state index < -0.39 is 0 Å². The van der Waals surface area contributed by atoms with Crippen molar-refractivity contribution in [2.75, 3.05) is 7.11 Å². The number of methoxy groups -OCH3 is 1. The Balaban J connectivity index is 1.42. The zero-order valence-electron chi connectivity index (χ0n) is 27.6. The van der Waals surface area contributed by atoms with Crippen LogP contribution in [0.5, 0.6) is 0 Å². The number of esters is 1. The molecule has 9 atom stereocenters. The van der Waals surface area contributed by atoms with Gasteiger partial charge < -0.3 is 10.5 Å². The minimum Gasteiger partial charge on any atom is -0.469 e. The standard InChI is InChI=1S/C37H61NO2/c1-24(2)26-15-20-37(38)22-21-35(8)27(31(26)37)11-12-29-34(7)18-14-25(13-17-32(3,4)23-30(39)40-10)33(5,6)28(34)16-19-36(29,35)9/h14,26-29,31H,1,11-13,15-23,38H2,2-10H3. The second-order valence-corrected chi connectivity index (χ2v) is 17.5. The second kappa shape index (κ2) is 9.72. The molecule has 0 aromatic carbocycles. The molecule has 5 aliphatic carbocycles. The maximum Gasteiger partial charge on any atom is 0.306 e. The Morgan fingerprint density at radius 2 is 1.70 bits per heavy atom. The Morgan fingerprint density at radius 1 is 1.00 bits per heavy atom. The highest BCUT2D eigenvalue weighted by molar-refractivity contribution is 5.69. The summed E-state index contributed by atoms with van der Waals surface area (Å²) in [6.07, 6.45) is 16.9. The minimum atomic E-state index is -0.0908. The van der Waals surface area contributed by atoms with Crippen LogP contribution < -0.4 is 5.73 Å². The number of fused-ring (bicyclic) bond motifs is 7. The number of carbonyl (C=O) groups is 1. The minimum absolute atomic E-state index is 0.0320. The molecule has 3 nitrogen and oxygen atoms in total. The lowest BCUT2D eigenvalue weighted by molar-refractivity contribution is -0.219. The highest BCUT2D eigenvalue weighted by Crippen LogP contribution is 2.76. The topological polar surface area (TPSA) is 52.3 Å². The molecule has 40 heavy (non-hydrogen) atoms. The van der Waals surface area contributed by atoms with Gasteiger partial charge in [-0.05, 0) is 134 Å². The van der Waals surface area contributed by atoms with Crippen molar-refractivity contribution in [3.05, 3.63) is 23.8 Å². The van der Waals surface area contributed by atoms with Crippen molar-refractivity contribution in [3.8, 4) is 0 Å². The van der Waals surface area contributed by atoms with E-state index in [0.29, 0.717) is 40.4 Å². The van der Waals surface area contributed by atoms with Crippen LogP contribution in [0.1, 0.15) is 132 Å². The average molecular weight is 552 g/mol. The molecule has 0 radical (unpaired) electrons. The van der Waals surface area contributed by atoms with Crippen molar-refractivity contribution >= 4 is 5.97 Å². The van der Waals surface area contributed by atoms with Crippen LogP contribution in [0.15, 0.2) is 23.8 Å². The molecular weight excluding hydrogens is 490 g/mol. The van der Waals surface area contributed by atoms with Crippen molar-refractivity contribution < 1.29 is 9.53 Å². The molecule has 226 valence electrons. The average Bonchev–Trinajstić information content (AvgIpc) is 3.21. The van der Waals surface area contributed by atoms with Gasteiger partial charge in [-0.15, -0.1) is 0 Å². The van der Waals surface area contributed by atoms with Crippen molar-refractivity contribution in [3.63, 3.8) is 0 Å². The Labute approximate surface area is 246 Å². The molecule has 0 aromatic rings. The third-order valence-electron chi connectivity index (χ3n) is 14.8. The van der Waals surface area contributed by atoms with Gasteiger partial charge in [-0.25, -0.2) is 0 Å². The van der Waals surface area contributed by atoms with E-state index in [1.807, 2.05) is 0 Å². The van der Waals surface area contributed by atoms with Crippen LogP contribution in [0.25, 0.3) is 0 Å². The predicted octanol–water partition coefficient (Wildman–Crippen LogP) is 9.26. The Kier molecular flexibility index (Phi) is 7.38. The van der Waals surface area contributed by atoms with Crippen molar-refractivity contribution in [1.82, 2.24) is 0 Å². The Hall–Kier alpha value is -1.09. The summed E-state index contributed by atoms with van der Waals surface area (Å²) in [5, 5.41) is 0. The van der Waals surface area contributed by atoms with Crippen LogP contribution in [-0.2, 0) is 9.53 Å². The molecular formula is C37H61NO2. The van der Waals surface area contributed by atoms with Gasteiger partial charge in [0.15, 0.2) is 0 Å². The first kappa shape index (κ1) is 30.4. The van der Waals surface area contributed by atoms with E-state index >= 15 is 0 Å². The zero-order chi connectivity index (χ0) is 29.5.